The van der Waals surface area contributed by atoms with Gasteiger partial charge in [-0.15, -0.1) is 0 Å². The van der Waals surface area contributed by atoms with Gasteiger partial charge < -0.3 is 4.90 Å². The van der Waals surface area contributed by atoms with Crippen LogP contribution in [0.1, 0.15) is 108 Å². The normalized spacial score (nSPS) is 11.1. The Balaban J connectivity index is 1.61. The summed E-state index contributed by atoms with van der Waals surface area (Å²) in [7, 11) is 0. The minimum atomic E-state index is -0.528. The predicted molar refractivity (Wildman–Crippen MR) is 178 cm³/mol. The summed E-state index contributed by atoms with van der Waals surface area (Å²) in [5.41, 5.74) is 5.36. The van der Waals surface area contributed by atoms with Crippen LogP contribution < -0.4 is 4.90 Å². The molecular weight excluding hydrogens is 518 g/mol. The first-order valence-corrected chi connectivity index (χ1v) is 15.9. The van der Waals surface area contributed by atoms with E-state index in [-0.39, 0.29) is 11.3 Å². The molecule has 0 heterocycles. The molecule has 0 radical (unpaired) electrons. The lowest BCUT2D eigenvalue weighted by molar-refractivity contribution is -0.385. The van der Waals surface area contributed by atoms with Crippen LogP contribution in [0.25, 0.3) is 23.3 Å². The van der Waals surface area contributed by atoms with Gasteiger partial charge in [-0.3, -0.25) is 10.1 Å². The standard InChI is InChI=1S/C37H47N3O2/c1-3-5-7-9-11-13-27-39(28-14-12-10-8-6-4-2)36-24-22-34(23-25-36)33-20-17-31(18-21-33)15-16-32-19-26-37(40(41)42)35(29-32)30-38/h15-26,29H,3-14,27-28H2,1-2H3/b16-15+. The average Bonchev–Trinajstić information content (AvgIpc) is 3.02. The molecule has 0 aliphatic rings. The van der Waals surface area contributed by atoms with Crippen molar-refractivity contribution < 1.29 is 4.92 Å². The van der Waals surface area contributed by atoms with E-state index in [1.54, 1.807) is 12.1 Å². The van der Waals surface area contributed by atoms with Gasteiger partial charge in [0.15, 0.2) is 0 Å². The third-order valence-electron chi connectivity index (χ3n) is 7.85. The van der Waals surface area contributed by atoms with E-state index in [1.165, 1.54) is 99.9 Å². The van der Waals surface area contributed by atoms with Crippen LogP contribution >= 0.6 is 0 Å². The molecule has 222 valence electrons. The van der Waals surface area contributed by atoms with E-state index < -0.39 is 4.92 Å². The summed E-state index contributed by atoms with van der Waals surface area (Å²) in [6.45, 7) is 6.81. The van der Waals surface area contributed by atoms with Crippen molar-refractivity contribution in [2.24, 2.45) is 0 Å². The topological polar surface area (TPSA) is 70.2 Å². The average molecular weight is 566 g/mol. The minimum Gasteiger partial charge on any atom is -0.372 e. The van der Waals surface area contributed by atoms with E-state index in [4.69, 9.17) is 0 Å². The van der Waals surface area contributed by atoms with Crippen molar-refractivity contribution in [1.29, 1.82) is 5.26 Å². The molecule has 3 aromatic carbocycles. The van der Waals surface area contributed by atoms with Crippen LogP contribution in [0.5, 0.6) is 0 Å². The lowest BCUT2D eigenvalue weighted by atomic mass is 10.0. The molecule has 0 bridgehead atoms. The number of rotatable bonds is 19. The maximum atomic E-state index is 11.1. The maximum Gasteiger partial charge on any atom is 0.287 e. The molecule has 0 unspecified atom stereocenters. The largest absolute Gasteiger partial charge is 0.372 e. The molecule has 0 aromatic heterocycles. The first kappa shape index (κ1) is 32.6. The van der Waals surface area contributed by atoms with Gasteiger partial charge in [-0.05, 0) is 59.4 Å². The fraction of sp³-hybridized carbons (Fsp3) is 0.432. The summed E-state index contributed by atoms with van der Waals surface area (Å²) in [5, 5.41) is 20.3. The maximum absolute atomic E-state index is 11.1. The summed E-state index contributed by atoms with van der Waals surface area (Å²) in [5.74, 6) is 0. The molecule has 0 aliphatic carbocycles. The number of hydrogen-bond acceptors (Lipinski definition) is 4. The molecule has 0 amide bonds. The number of nitrogens with zero attached hydrogens (tertiary/aromatic N) is 3. The zero-order valence-electron chi connectivity index (χ0n) is 25.6. The Bertz CT molecular complexity index is 1270. The monoisotopic (exact) mass is 565 g/mol. The number of benzene rings is 3. The van der Waals surface area contributed by atoms with Gasteiger partial charge in [-0.25, -0.2) is 0 Å². The molecule has 5 nitrogen and oxygen atoms in total. The smallest absolute Gasteiger partial charge is 0.287 e. The number of nitro groups is 1. The van der Waals surface area contributed by atoms with E-state index >= 15 is 0 Å². The third-order valence-corrected chi connectivity index (χ3v) is 7.85. The quantitative estimate of drug-likeness (QED) is 0.0627. The first-order valence-electron chi connectivity index (χ1n) is 15.9. The van der Waals surface area contributed by atoms with Crippen LogP contribution in [0.4, 0.5) is 11.4 Å². The molecule has 0 N–H and O–H groups in total. The number of anilines is 1. The van der Waals surface area contributed by atoms with E-state index in [0.29, 0.717) is 0 Å². The zero-order chi connectivity index (χ0) is 30.0. The highest BCUT2D eigenvalue weighted by molar-refractivity contribution is 5.74. The summed E-state index contributed by atoms with van der Waals surface area (Å²) in [4.78, 5) is 13.1. The number of unbranched alkanes of at least 4 members (excludes halogenated alkanes) is 10. The van der Waals surface area contributed by atoms with Gasteiger partial charge in [0, 0.05) is 24.8 Å². The second-order valence-corrected chi connectivity index (χ2v) is 11.2. The predicted octanol–water partition coefficient (Wildman–Crippen LogP) is 10.8. The Morgan fingerprint density at radius 2 is 1.17 bits per heavy atom. The fourth-order valence-electron chi connectivity index (χ4n) is 5.29. The summed E-state index contributed by atoms with van der Waals surface area (Å²) in [6, 6.07) is 23.9. The van der Waals surface area contributed by atoms with Crippen molar-refractivity contribution in [2.75, 3.05) is 18.0 Å². The molecular formula is C37H47N3O2. The van der Waals surface area contributed by atoms with Crippen molar-refractivity contribution in [2.45, 2.75) is 90.9 Å². The molecule has 3 rings (SSSR count). The van der Waals surface area contributed by atoms with Crippen molar-refractivity contribution in [1.82, 2.24) is 0 Å². The van der Waals surface area contributed by atoms with Gasteiger partial charge in [0.05, 0.1) is 4.92 Å². The Hall–Kier alpha value is -3.91. The molecule has 0 spiro atoms. The lowest BCUT2D eigenvalue weighted by Crippen LogP contribution is -2.25. The van der Waals surface area contributed by atoms with Gasteiger partial charge in [0.25, 0.3) is 5.69 Å². The summed E-state index contributed by atoms with van der Waals surface area (Å²) >= 11 is 0. The third kappa shape index (κ3) is 10.8. The lowest BCUT2D eigenvalue weighted by Gasteiger charge is -2.25. The van der Waals surface area contributed by atoms with Crippen LogP contribution in [-0.2, 0) is 0 Å². The highest BCUT2D eigenvalue weighted by Crippen LogP contribution is 2.26. The Morgan fingerprint density at radius 1 is 0.690 bits per heavy atom. The second kappa shape index (κ2) is 18.5. The SMILES string of the molecule is CCCCCCCCN(CCCCCCCC)c1ccc(-c2ccc(/C=C/c3ccc([N+](=O)[O-])c(C#N)c3)cc2)cc1. The number of nitro benzene ring substituents is 1. The molecule has 42 heavy (non-hydrogen) atoms. The van der Waals surface area contributed by atoms with E-state index in [1.807, 2.05) is 18.2 Å². The Labute approximate surface area is 253 Å². The highest BCUT2D eigenvalue weighted by Gasteiger charge is 2.13. The van der Waals surface area contributed by atoms with Gasteiger partial charge in [-0.2, -0.15) is 5.26 Å². The van der Waals surface area contributed by atoms with Crippen molar-refractivity contribution in [3.8, 4) is 17.2 Å². The first-order chi connectivity index (χ1) is 20.5. The van der Waals surface area contributed by atoms with Crippen LogP contribution in [0.15, 0.2) is 66.7 Å². The molecule has 0 atom stereocenters. The van der Waals surface area contributed by atoms with E-state index in [9.17, 15) is 15.4 Å². The van der Waals surface area contributed by atoms with Crippen LogP contribution in [0.3, 0.4) is 0 Å². The van der Waals surface area contributed by atoms with Gasteiger partial charge in [0.1, 0.15) is 11.6 Å². The summed E-state index contributed by atoms with van der Waals surface area (Å²) < 4.78 is 0. The molecule has 0 aliphatic heterocycles. The van der Waals surface area contributed by atoms with E-state index in [0.717, 1.165) is 24.2 Å². The van der Waals surface area contributed by atoms with Gasteiger partial charge in [-0.1, -0.05) is 127 Å². The molecule has 0 fully saturated rings. The van der Waals surface area contributed by atoms with Crippen molar-refractivity contribution in [3.63, 3.8) is 0 Å². The Morgan fingerprint density at radius 3 is 1.69 bits per heavy atom. The van der Waals surface area contributed by atoms with Gasteiger partial charge >= 0.3 is 0 Å². The fourth-order valence-corrected chi connectivity index (χ4v) is 5.29. The molecule has 0 saturated carbocycles. The van der Waals surface area contributed by atoms with Crippen molar-refractivity contribution in [3.05, 3.63) is 93.5 Å². The highest BCUT2D eigenvalue weighted by atomic mass is 16.6. The van der Waals surface area contributed by atoms with Crippen LogP contribution in [0, 0.1) is 21.4 Å². The van der Waals surface area contributed by atoms with Crippen molar-refractivity contribution >= 4 is 23.5 Å². The second-order valence-electron chi connectivity index (χ2n) is 11.2. The minimum absolute atomic E-state index is 0.0680. The zero-order valence-corrected chi connectivity index (χ0v) is 25.6. The number of nitriles is 1. The number of hydrogen-bond donors (Lipinski definition) is 0. The molecule has 0 saturated heterocycles. The molecule has 5 heteroatoms. The van der Waals surface area contributed by atoms with Crippen LogP contribution in [-0.4, -0.2) is 18.0 Å². The summed E-state index contributed by atoms with van der Waals surface area (Å²) in [6.07, 6.45) is 19.7. The van der Waals surface area contributed by atoms with Crippen LogP contribution in [0.2, 0.25) is 0 Å². The van der Waals surface area contributed by atoms with Gasteiger partial charge in [0.2, 0.25) is 0 Å². The molecule has 3 aromatic rings. The Kier molecular flexibility index (Phi) is 14.4. The van der Waals surface area contributed by atoms with E-state index in [2.05, 4.69) is 67.3 Å².